The number of aliphatic hydroxyl groups excluding tert-OH is 1. The maximum absolute atomic E-state index is 13.4. The van der Waals surface area contributed by atoms with E-state index in [0.717, 1.165) is 24.0 Å². The second kappa shape index (κ2) is 15.2. The van der Waals surface area contributed by atoms with Crippen LogP contribution in [0.3, 0.4) is 0 Å². The smallest absolute Gasteiger partial charge is 0.253 e. The third-order valence-electron chi connectivity index (χ3n) is 6.34. The van der Waals surface area contributed by atoms with E-state index in [2.05, 4.69) is 10.6 Å². The molecule has 8 nitrogen and oxygen atoms in total. The van der Waals surface area contributed by atoms with Gasteiger partial charge in [-0.2, -0.15) is 11.3 Å². The number of carbonyl (C=O) groups is 3. The van der Waals surface area contributed by atoms with Gasteiger partial charge in [0.15, 0.2) is 0 Å². The lowest BCUT2D eigenvalue weighted by molar-refractivity contribution is 0.0755. The van der Waals surface area contributed by atoms with Crippen molar-refractivity contribution in [1.82, 2.24) is 15.5 Å². The first kappa shape index (κ1) is 30.0. The van der Waals surface area contributed by atoms with Crippen molar-refractivity contribution in [2.45, 2.75) is 51.8 Å². The summed E-state index contributed by atoms with van der Waals surface area (Å²) >= 11 is 1.54. The van der Waals surface area contributed by atoms with Crippen LogP contribution in [0.2, 0.25) is 0 Å². The topological polar surface area (TPSA) is 125 Å². The molecule has 3 rings (SSSR count). The molecule has 0 aliphatic heterocycles. The standard InChI is InChI=1S/C30H38N4O4S/c1-3-11-34(12-4-2)30(38)25-16-23(28(31)36)15-24(17-25)29(37)33-26(14-22-10-13-39-20-22)27(35)19-32-18-21-8-6-5-7-9-21/h5-10,13,15-17,20,26-27,32,35H,3-4,11-12,14,18-19H2,1-2H3,(H2,31,36)(H,33,37). The van der Waals surface area contributed by atoms with E-state index in [9.17, 15) is 19.5 Å². The van der Waals surface area contributed by atoms with E-state index in [1.165, 1.54) is 18.2 Å². The SMILES string of the molecule is CCCN(CCC)C(=O)c1cc(C(N)=O)cc(C(=O)NC(Cc2ccsc2)C(O)CNCc2ccccc2)c1. The Labute approximate surface area is 234 Å². The van der Waals surface area contributed by atoms with E-state index >= 15 is 0 Å². The molecule has 208 valence electrons. The average Bonchev–Trinajstić information content (AvgIpc) is 3.45. The van der Waals surface area contributed by atoms with E-state index in [0.29, 0.717) is 26.1 Å². The van der Waals surface area contributed by atoms with Crippen molar-refractivity contribution in [3.8, 4) is 0 Å². The fraction of sp³-hybridized carbons (Fsp3) is 0.367. The minimum Gasteiger partial charge on any atom is -0.390 e. The van der Waals surface area contributed by atoms with E-state index in [1.807, 2.05) is 61.0 Å². The van der Waals surface area contributed by atoms with Crippen LogP contribution in [0, 0.1) is 0 Å². The van der Waals surface area contributed by atoms with E-state index < -0.39 is 24.0 Å². The molecule has 0 bridgehead atoms. The van der Waals surface area contributed by atoms with Crippen LogP contribution in [0.15, 0.2) is 65.4 Å². The first-order valence-electron chi connectivity index (χ1n) is 13.3. The van der Waals surface area contributed by atoms with Gasteiger partial charge in [0, 0.05) is 42.9 Å². The van der Waals surface area contributed by atoms with Crippen molar-refractivity contribution in [2.24, 2.45) is 5.73 Å². The van der Waals surface area contributed by atoms with Crippen LogP contribution in [-0.2, 0) is 13.0 Å². The molecule has 9 heteroatoms. The molecule has 3 amide bonds. The van der Waals surface area contributed by atoms with Gasteiger partial charge in [-0.3, -0.25) is 14.4 Å². The van der Waals surface area contributed by atoms with Crippen LogP contribution >= 0.6 is 11.3 Å². The number of carbonyl (C=O) groups excluding carboxylic acids is 3. The molecule has 0 saturated heterocycles. The lowest BCUT2D eigenvalue weighted by Crippen LogP contribution is -2.48. The number of thiophene rings is 1. The van der Waals surface area contributed by atoms with Crippen LogP contribution in [0.5, 0.6) is 0 Å². The molecule has 0 radical (unpaired) electrons. The Bertz CT molecular complexity index is 1210. The number of primary amides is 1. The average molecular weight is 551 g/mol. The summed E-state index contributed by atoms with van der Waals surface area (Å²) in [6.07, 6.45) is 1.11. The Balaban J connectivity index is 1.80. The predicted octanol–water partition coefficient (Wildman–Crippen LogP) is 3.60. The van der Waals surface area contributed by atoms with Crippen LogP contribution in [-0.4, -0.2) is 59.5 Å². The summed E-state index contributed by atoms with van der Waals surface area (Å²) in [5, 5.41) is 21.2. The van der Waals surface area contributed by atoms with E-state index in [-0.39, 0.29) is 29.1 Å². The normalized spacial score (nSPS) is 12.5. The fourth-order valence-corrected chi connectivity index (χ4v) is 5.04. The van der Waals surface area contributed by atoms with E-state index in [1.54, 1.807) is 16.2 Å². The van der Waals surface area contributed by atoms with Crippen molar-refractivity contribution in [3.63, 3.8) is 0 Å². The van der Waals surface area contributed by atoms with Crippen LogP contribution < -0.4 is 16.4 Å². The van der Waals surface area contributed by atoms with Gasteiger partial charge in [0.25, 0.3) is 11.8 Å². The van der Waals surface area contributed by atoms with Crippen molar-refractivity contribution in [2.75, 3.05) is 19.6 Å². The zero-order valence-corrected chi connectivity index (χ0v) is 23.4. The second-order valence-electron chi connectivity index (χ2n) is 9.56. The Morgan fingerprint density at radius 2 is 1.62 bits per heavy atom. The summed E-state index contributed by atoms with van der Waals surface area (Å²) < 4.78 is 0. The molecule has 2 aromatic carbocycles. The number of rotatable bonds is 15. The molecule has 0 saturated carbocycles. The van der Waals surface area contributed by atoms with Gasteiger partial charge in [0.1, 0.15) is 0 Å². The van der Waals surface area contributed by atoms with Crippen LogP contribution in [0.25, 0.3) is 0 Å². The number of hydrogen-bond acceptors (Lipinski definition) is 6. The number of hydrogen-bond donors (Lipinski definition) is 4. The molecule has 2 unspecified atom stereocenters. The lowest BCUT2D eigenvalue weighted by Gasteiger charge is -2.25. The highest BCUT2D eigenvalue weighted by molar-refractivity contribution is 7.07. The summed E-state index contributed by atoms with van der Waals surface area (Å²) in [7, 11) is 0. The molecule has 5 N–H and O–H groups in total. The van der Waals surface area contributed by atoms with Gasteiger partial charge in [0.05, 0.1) is 12.1 Å². The fourth-order valence-electron chi connectivity index (χ4n) is 4.36. The molecule has 3 aromatic rings. The van der Waals surface area contributed by atoms with Gasteiger partial charge in [-0.25, -0.2) is 0 Å². The molecule has 0 aliphatic rings. The van der Waals surface area contributed by atoms with Gasteiger partial charge in [-0.1, -0.05) is 44.2 Å². The number of nitrogens with two attached hydrogens (primary N) is 1. The number of aliphatic hydroxyl groups is 1. The van der Waals surface area contributed by atoms with Crippen molar-refractivity contribution in [3.05, 3.63) is 93.2 Å². The zero-order chi connectivity index (χ0) is 28.2. The minimum atomic E-state index is -0.886. The Hall–Kier alpha value is -3.53. The van der Waals surface area contributed by atoms with Gasteiger partial charge in [-0.15, -0.1) is 0 Å². The summed E-state index contributed by atoms with van der Waals surface area (Å²) in [6.45, 7) is 5.96. The van der Waals surface area contributed by atoms with Gasteiger partial charge in [-0.05, 0) is 65.4 Å². The third kappa shape index (κ3) is 9.02. The Morgan fingerprint density at radius 3 is 2.23 bits per heavy atom. The number of benzene rings is 2. The Kier molecular flexibility index (Phi) is 11.7. The zero-order valence-electron chi connectivity index (χ0n) is 22.6. The minimum absolute atomic E-state index is 0.0819. The maximum atomic E-state index is 13.4. The lowest BCUT2D eigenvalue weighted by atomic mass is 10.0. The second-order valence-corrected chi connectivity index (χ2v) is 10.3. The largest absolute Gasteiger partial charge is 0.390 e. The van der Waals surface area contributed by atoms with Crippen LogP contribution in [0.4, 0.5) is 0 Å². The van der Waals surface area contributed by atoms with Gasteiger partial charge >= 0.3 is 0 Å². The summed E-state index contributed by atoms with van der Waals surface area (Å²) in [4.78, 5) is 40.5. The molecule has 0 fully saturated rings. The molecule has 1 heterocycles. The first-order valence-corrected chi connectivity index (χ1v) is 14.2. The van der Waals surface area contributed by atoms with E-state index in [4.69, 9.17) is 5.73 Å². The highest BCUT2D eigenvalue weighted by atomic mass is 32.1. The van der Waals surface area contributed by atoms with Crippen molar-refractivity contribution < 1.29 is 19.5 Å². The van der Waals surface area contributed by atoms with Crippen molar-refractivity contribution in [1.29, 1.82) is 0 Å². The third-order valence-corrected chi connectivity index (χ3v) is 7.08. The summed E-state index contributed by atoms with van der Waals surface area (Å²) in [6, 6.07) is 15.5. The maximum Gasteiger partial charge on any atom is 0.253 e. The quantitative estimate of drug-likeness (QED) is 0.230. The molecule has 39 heavy (non-hydrogen) atoms. The Morgan fingerprint density at radius 1 is 0.949 bits per heavy atom. The van der Waals surface area contributed by atoms with Crippen molar-refractivity contribution >= 4 is 29.1 Å². The summed E-state index contributed by atoms with van der Waals surface area (Å²) in [5.74, 6) is -1.47. The summed E-state index contributed by atoms with van der Waals surface area (Å²) in [5.41, 5.74) is 8.08. The number of nitrogens with zero attached hydrogens (tertiary/aromatic N) is 1. The molecule has 0 spiro atoms. The molecule has 1 aromatic heterocycles. The van der Waals surface area contributed by atoms with Gasteiger partial charge < -0.3 is 26.4 Å². The number of nitrogens with one attached hydrogen (secondary N) is 2. The predicted molar refractivity (Wildman–Crippen MR) is 155 cm³/mol. The first-order chi connectivity index (χ1) is 18.8. The highest BCUT2D eigenvalue weighted by Gasteiger charge is 2.24. The highest BCUT2D eigenvalue weighted by Crippen LogP contribution is 2.16. The molecular weight excluding hydrogens is 512 g/mol. The van der Waals surface area contributed by atoms with Crippen LogP contribution in [0.1, 0.15) is 68.9 Å². The monoisotopic (exact) mass is 550 g/mol. The van der Waals surface area contributed by atoms with Gasteiger partial charge in [0.2, 0.25) is 5.91 Å². The molecule has 0 aliphatic carbocycles. The number of amides is 3. The molecule has 2 atom stereocenters. The molecular formula is C30H38N4O4S.